The highest BCUT2D eigenvalue weighted by atomic mass is 16.5. The van der Waals surface area contributed by atoms with E-state index in [9.17, 15) is 10.0 Å². The van der Waals surface area contributed by atoms with Crippen LogP contribution in [0, 0.1) is 0 Å². The van der Waals surface area contributed by atoms with Crippen LogP contribution < -0.4 is 10.2 Å². The standard InChI is InChI=1S/C16H17NO3/c1-20-14-9-7-13(8-10-14)16(18)11-15(17-19)12-5-3-2-4-6-12/h2-10,15,17,19H,11H2,1H3. The number of ketones is 1. The van der Waals surface area contributed by atoms with E-state index in [1.807, 2.05) is 30.3 Å². The zero-order chi connectivity index (χ0) is 14.4. The minimum Gasteiger partial charge on any atom is -0.497 e. The number of methoxy groups -OCH3 is 1. The smallest absolute Gasteiger partial charge is 0.164 e. The molecule has 104 valence electrons. The van der Waals surface area contributed by atoms with Gasteiger partial charge in [0.05, 0.1) is 13.2 Å². The molecule has 20 heavy (non-hydrogen) atoms. The Balaban J connectivity index is 2.09. The summed E-state index contributed by atoms with van der Waals surface area (Å²) in [5.74, 6) is 0.671. The summed E-state index contributed by atoms with van der Waals surface area (Å²) in [7, 11) is 1.58. The molecule has 0 aliphatic carbocycles. The molecule has 0 aromatic heterocycles. The third-order valence-electron chi connectivity index (χ3n) is 3.16. The highest BCUT2D eigenvalue weighted by Gasteiger charge is 2.16. The predicted octanol–water partition coefficient (Wildman–Crippen LogP) is 2.99. The molecule has 0 aliphatic rings. The molecule has 2 aromatic carbocycles. The fourth-order valence-electron chi connectivity index (χ4n) is 2.00. The van der Waals surface area contributed by atoms with Crippen LogP contribution in [0.3, 0.4) is 0 Å². The van der Waals surface area contributed by atoms with Gasteiger partial charge in [0.2, 0.25) is 0 Å². The van der Waals surface area contributed by atoms with Gasteiger partial charge in [0.25, 0.3) is 0 Å². The first kappa shape index (κ1) is 14.2. The lowest BCUT2D eigenvalue weighted by Gasteiger charge is -2.14. The normalized spacial score (nSPS) is 11.9. The molecule has 0 bridgehead atoms. The first-order valence-electron chi connectivity index (χ1n) is 6.36. The van der Waals surface area contributed by atoms with Crippen LogP contribution in [0.4, 0.5) is 0 Å². The first-order valence-corrected chi connectivity index (χ1v) is 6.36. The van der Waals surface area contributed by atoms with Crippen molar-refractivity contribution in [3.63, 3.8) is 0 Å². The third-order valence-corrected chi connectivity index (χ3v) is 3.16. The molecule has 1 unspecified atom stereocenters. The molecule has 1 atom stereocenters. The van der Waals surface area contributed by atoms with Crippen molar-refractivity contribution in [1.29, 1.82) is 0 Å². The van der Waals surface area contributed by atoms with Crippen molar-refractivity contribution in [3.05, 3.63) is 65.7 Å². The Bertz CT molecular complexity index is 552. The topological polar surface area (TPSA) is 58.6 Å². The Kier molecular flexibility index (Phi) is 4.87. The lowest BCUT2D eigenvalue weighted by molar-refractivity contribution is 0.0869. The Morgan fingerprint density at radius 1 is 1.15 bits per heavy atom. The van der Waals surface area contributed by atoms with Crippen LogP contribution in [0.25, 0.3) is 0 Å². The average molecular weight is 271 g/mol. The third kappa shape index (κ3) is 3.44. The van der Waals surface area contributed by atoms with Gasteiger partial charge in [-0.2, -0.15) is 5.48 Å². The lowest BCUT2D eigenvalue weighted by atomic mass is 9.98. The van der Waals surface area contributed by atoms with Crippen LogP contribution in [0.5, 0.6) is 5.75 Å². The van der Waals surface area contributed by atoms with Crippen molar-refractivity contribution < 1.29 is 14.7 Å². The van der Waals surface area contributed by atoms with Crippen molar-refractivity contribution in [2.45, 2.75) is 12.5 Å². The number of carbonyl (C=O) groups excluding carboxylic acids is 1. The maximum Gasteiger partial charge on any atom is 0.164 e. The molecule has 4 nitrogen and oxygen atoms in total. The molecule has 2 rings (SSSR count). The van der Waals surface area contributed by atoms with Gasteiger partial charge >= 0.3 is 0 Å². The second-order valence-corrected chi connectivity index (χ2v) is 4.45. The zero-order valence-electron chi connectivity index (χ0n) is 11.2. The summed E-state index contributed by atoms with van der Waals surface area (Å²) in [5.41, 5.74) is 3.67. The fourth-order valence-corrected chi connectivity index (χ4v) is 2.00. The van der Waals surface area contributed by atoms with Crippen LogP contribution in [0.15, 0.2) is 54.6 Å². The quantitative estimate of drug-likeness (QED) is 0.626. The molecule has 2 aromatic rings. The maximum absolute atomic E-state index is 12.2. The van der Waals surface area contributed by atoms with E-state index in [0.717, 1.165) is 5.56 Å². The molecular weight excluding hydrogens is 254 g/mol. The first-order chi connectivity index (χ1) is 9.74. The van der Waals surface area contributed by atoms with E-state index in [1.165, 1.54) is 0 Å². The van der Waals surface area contributed by atoms with Crippen molar-refractivity contribution in [2.75, 3.05) is 7.11 Å². The Morgan fingerprint density at radius 2 is 1.80 bits per heavy atom. The van der Waals surface area contributed by atoms with E-state index in [4.69, 9.17) is 4.74 Å². The van der Waals surface area contributed by atoms with E-state index in [0.29, 0.717) is 11.3 Å². The molecule has 0 saturated carbocycles. The van der Waals surface area contributed by atoms with E-state index in [1.54, 1.807) is 31.4 Å². The predicted molar refractivity (Wildman–Crippen MR) is 76.0 cm³/mol. The van der Waals surface area contributed by atoms with Crippen molar-refractivity contribution in [2.24, 2.45) is 0 Å². The summed E-state index contributed by atoms with van der Waals surface area (Å²) in [6, 6.07) is 15.9. The fraction of sp³-hybridized carbons (Fsp3) is 0.188. The molecule has 0 saturated heterocycles. The number of hydroxylamine groups is 1. The molecular formula is C16H17NO3. The number of carbonyl (C=O) groups is 1. The highest BCUT2D eigenvalue weighted by Crippen LogP contribution is 2.20. The second-order valence-electron chi connectivity index (χ2n) is 4.45. The summed E-state index contributed by atoms with van der Waals surface area (Å²) in [6.07, 6.45) is 0.187. The number of nitrogens with one attached hydrogen (secondary N) is 1. The SMILES string of the molecule is COc1ccc(C(=O)CC(NO)c2ccccc2)cc1. The molecule has 0 spiro atoms. The Hall–Kier alpha value is -2.17. The van der Waals surface area contributed by atoms with Gasteiger partial charge in [-0.3, -0.25) is 4.79 Å². The van der Waals surface area contributed by atoms with Crippen molar-refractivity contribution in [3.8, 4) is 5.75 Å². The van der Waals surface area contributed by atoms with Crippen LogP contribution in [0.1, 0.15) is 28.4 Å². The molecule has 0 radical (unpaired) electrons. The zero-order valence-corrected chi connectivity index (χ0v) is 11.2. The van der Waals surface area contributed by atoms with Gasteiger partial charge in [0.15, 0.2) is 5.78 Å². The largest absolute Gasteiger partial charge is 0.497 e. The highest BCUT2D eigenvalue weighted by molar-refractivity contribution is 5.96. The van der Waals surface area contributed by atoms with Gasteiger partial charge < -0.3 is 9.94 Å². The van der Waals surface area contributed by atoms with Crippen molar-refractivity contribution >= 4 is 5.78 Å². The van der Waals surface area contributed by atoms with Gasteiger partial charge in [0, 0.05) is 12.0 Å². The van der Waals surface area contributed by atoms with E-state index in [-0.39, 0.29) is 12.2 Å². The average Bonchev–Trinajstić information content (AvgIpc) is 2.53. The molecule has 0 heterocycles. The van der Waals surface area contributed by atoms with Gasteiger partial charge in [0.1, 0.15) is 5.75 Å². The summed E-state index contributed by atoms with van der Waals surface area (Å²) >= 11 is 0. The Labute approximate surface area is 118 Å². The van der Waals surface area contributed by atoms with Crippen LogP contribution in [-0.2, 0) is 0 Å². The lowest BCUT2D eigenvalue weighted by Crippen LogP contribution is -2.20. The maximum atomic E-state index is 12.2. The summed E-state index contributed by atoms with van der Waals surface area (Å²) in [5, 5.41) is 9.24. The summed E-state index contributed by atoms with van der Waals surface area (Å²) in [4.78, 5) is 12.2. The molecule has 0 aliphatic heterocycles. The van der Waals surface area contributed by atoms with E-state index in [2.05, 4.69) is 5.48 Å². The Morgan fingerprint density at radius 3 is 2.35 bits per heavy atom. The second kappa shape index (κ2) is 6.84. The minimum atomic E-state index is -0.411. The number of hydrogen-bond acceptors (Lipinski definition) is 4. The van der Waals surface area contributed by atoms with Gasteiger partial charge in [-0.15, -0.1) is 0 Å². The minimum absolute atomic E-state index is 0.0388. The molecule has 0 amide bonds. The van der Waals surface area contributed by atoms with E-state index < -0.39 is 6.04 Å². The van der Waals surface area contributed by atoms with Gasteiger partial charge in [-0.05, 0) is 29.8 Å². The monoisotopic (exact) mass is 271 g/mol. The number of hydrogen-bond donors (Lipinski definition) is 2. The van der Waals surface area contributed by atoms with E-state index >= 15 is 0 Å². The number of Topliss-reactive ketones (excluding diaryl/α,β-unsaturated/α-hetero) is 1. The number of benzene rings is 2. The summed E-state index contributed by atoms with van der Waals surface area (Å²) < 4.78 is 5.06. The molecule has 4 heteroatoms. The van der Waals surface area contributed by atoms with Gasteiger partial charge in [-0.1, -0.05) is 30.3 Å². The summed E-state index contributed by atoms with van der Waals surface area (Å²) in [6.45, 7) is 0. The number of ether oxygens (including phenoxy) is 1. The molecule has 2 N–H and O–H groups in total. The number of rotatable bonds is 6. The molecule has 0 fully saturated rings. The van der Waals surface area contributed by atoms with Gasteiger partial charge in [-0.25, -0.2) is 0 Å². The van der Waals surface area contributed by atoms with Crippen LogP contribution in [-0.4, -0.2) is 18.1 Å². The van der Waals surface area contributed by atoms with Crippen LogP contribution in [0.2, 0.25) is 0 Å². The van der Waals surface area contributed by atoms with Crippen LogP contribution >= 0.6 is 0 Å². The van der Waals surface area contributed by atoms with Crippen molar-refractivity contribution in [1.82, 2.24) is 5.48 Å².